The maximum absolute atomic E-state index is 13.4. The zero-order chi connectivity index (χ0) is 50.8. The molecule has 0 heterocycles. The van der Waals surface area contributed by atoms with Crippen molar-refractivity contribution in [1.82, 2.24) is 5.32 Å². The molecule has 0 spiro atoms. The van der Waals surface area contributed by atoms with Crippen molar-refractivity contribution in [2.75, 3.05) is 40.9 Å². The predicted octanol–water partition coefficient (Wildman–Crippen LogP) is 17.6. The normalized spacial score (nSPS) is 14.0. The number of esters is 1. The number of unbranched alkanes of at least 4 members (excludes halogenated alkanes) is 33. The average molecular weight is 995 g/mol. The van der Waals surface area contributed by atoms with Crippen molar-refractivity contribution in [2.45, 2.75) is 290 Å². The van der Waals surface area contributed by atoms with Gasteiger partial charge in [-0.05, 0) is 76.7 Å². The van der Waals surface area contributed by atoms with Crippen LogP contribution in [0.3, 0.4) is 0 Å². The number of quaternary nitrogens is 1. The van der Waals surface area contributed by atoms with Crippen molar-refractivity contribution in [1.29, 1.82) is 0 Å². The third-order valence-corrected chi connectivity index (χ3v) is 14.0. The van der Waals surface area contributed by atoms with Crippen molar-refractivity contribution < 1.29 is 37.3 Å². The molecule has 0 aromatic carbocycles. The number of hydrogen-bond acceptors (Lipinski definition) is 6. The summed E-state index contributed by atoms with van der Waals surface area (Å²) in [4.78, 5) is 37.5. The van der Waals surface area contributed by atoms with Crippen molar-refractivity contribution in [2.24, 2.45) is 0 Å². The molecule has 3 atom stereocenters. The molecule has 2 N–H and O–H groups in total. The number of allylic oxidation sites excluding steroid dienone is 5. The Morgan fingerprint density at radius 1 is 0.493 bits per heavy atom. The lowest BCUT2D eigenvalue weighted by molar-refractivity contribution is -0.870. The van der Waals surface area contributed by atoms with Crippen LogP contribution in [0.5, 0.6) is 0 Å². The van der Waals surface area contributed by atoms with E-state index < -0.39 is 20.0 Å². The summed E-state index contributed by atoms with van der Waals surface area (Å²) in [6.07, 6.45) is 58.6. The highest BCUT2D eigenvalue weighted by Gasteiger charge is 2.30. The van der Waals surface area contributed by atoms with Gasteiger partial charge >= 0.3 is 13.8 Å². The van der Waals surface area contributed by atoms with Crippen LogP contribution in [0.2, 0.25) is 0 Å². The largest absolute Gasteiger partial charge is 0.472 e. The molecular formula is C59H114N2O7P+. The van der Waals surface area contributed by atoms with Crippen LogP contribution in [-0.2, 0) is 27.9 Å². The van der Waals surface area contributed by atoms with E-state index in [1.165, 1.54) is 161 Å². The quantitative estimate of drug-likeness (QED) is 0.0205. The molecule has 1 amide bonds. The summed E-state index contributed by atoms with van der Waals surface area (Å²) in [7, 11) is 1.50. The van der Waals surface area contributed by atoms with E-state index in [1.807, 2.05) is 33.3 Å². The van der Waals surface area contributed by atoms with Crippen LogP contribution in [-0.4, -0.2) is 74.3 Å². The molecule has 0 bridgehead atoms. The van der Waals surface area contributed by atoms with Gasteiger partial charge in [0.25, 0.3) is 0 Å². The maximum atomic E-state index is 13.4. The van der Waals surface area contributed by atoms with E-state index in [4.69, 9.17) is 13.8 Å². The standard InChI is InChI=1S/C59H113N2O7P/c1-7-10-13-16-19-22-25-26-27-28-29-30-31-32-33-34-37-40-43-46-49-52-59(63)68-57(50-47-44-41-38-35-23-20-17-14-11-8-2)56(55-67-69(64,65)66-54-53-61(4,5)6)60-58(62)51-48-45-42-39-36-24-21-18-15-12-9-3/h18,21,26-27,47,50,56-57H,7-17,19-20,22-25,28-46,48-49,51-55H2,1-6H3,(H-,60,62,64,65)/p+1/b21-18-,27-26+,50-47-. The second kappa shape index (κ2) is 49.8. The van der Waals surface area contributed by atoms with E-state index in [1.54, 1.807) is 0 Å². The molecular weight excluding hydrogens is 880 g/mol. The maximum Gasteiger partial charge on any atom is 0.472 e. The zero-order valence-corrected chi connectivity index (χ0v) is 47.2. The molecule has 0 saturated heterocycles. The second-order valence-corrected chi connectivity index (χ2v) is 22.6. The summed E-state index contributed by atoms with van der Waals surface area (Å²) in [6, 6.07) is -0.848. The van der Waals surface area contributed by atoms with Crippen molar-refractivity contribution in [3.05, 3.63) is 36.5 Å². The first-order valence-corrected chi connectivity index (χ1v) is 30.8. The molecule has 0 aromatic rings. The molecule has 0 rings (SSSR count). The molecule has 0 saturated carbocycles. The summed E-state index contributed by atoms with van der Waals surface area (Å²) in [5, 5.41) is 3.04. The SMILES string of the molecule is CCCC/C=C\CCCCCCCC(=O)NC(COP(=O)(O)OCC[N+](C)(C)C)C(/C=C\CCCCCCCCCCC)OC(=O)CCCCCCCCCCCCC/C=C/CCCCCCCC. The summed E-state index contributed by atoms with van der Waals surface area (Å²) >= 11 is 0. The Balaban J connectivity index is 5.17. The van der Waals surface area contributed by atoms with Gasteiger partial charge in [-0.25, -0.2) is 4.57 Å². The number of amides is 1. The van der Waals surface area contributed by atoms with Gasteiger partial charge in [0.15, 0.2) is 0 Å². The fraction of sp³-hybridized carbons (Fsp3) is 0.864. The van der Waals surface area contributed by atoms with Crippen LogP contribution in [0.25, 0.3) is 0 Å². The van der Waals surface area contributed by atoms with Gasteiger partial charge in [-0.1, -0.05) is 225 Å². The van der Waals surface area contributed by atoms with E-state index in [9.17, 15) is 19.0 Å². The first kappa shape index (κ1) is 67.2. The fourth-order valence-corrected chi connectivity index (χ4v) is 9.18. The van der Waals surface area contributed by atoms with Crippen LogP contribution >= 0.6 is 7.82 Å². The Labute approximate surface area is 427 Å². The molecule has 0 aliphatic rings. The highest BCUT2D eigenvalue weighted by atomic mass is 31.2. The number of carbonyl (C=O) groups excluding carboxylic acids is 2. The molecule has 9 nitrogen and oxygen atoms in total. The minimum atomic E-state index is -4.44. The highest BCUT2D eigenvalue weighted by molar-refractivity contribution is 7.47. The Morgan fingerprint density at radius 3 is 1.28 bits per heavy atom. The number of hydrogen-bond donors (Lipinski definition) is 2. The number of nitrogens with zero attached hydrogens (tertiary/aromatic N) is 1. The van der Waals surface area contributed by atoms with Gasteiger partial charge in [-0.15, -0.1) is 0 Å². The average Bonchev–Trinajstić information content (AvgIpc) is 3.31. The molecule has 0 aliphatic heterocycles. The van der Waals surface area contributed by atoms with Crippen LogP contribution in [0.15, 0.2) is 36.5 Å². The Morgan fingerprint density at radius 2 is 0.855 bits per heavy atom. The van der Waals surface area contributed by atoms with Crippen molar-refractivity contribution in [3.8, 4) is 0 Å². The highest BCUT2D eigenvalue weighted by Crippen LogP contribution is 2.43. The predicted molar refractivity (Wildman–Crippen MR) is 296 cm³/mol. The van der Waals surface area contributed by atoms with Gasteiger partial charge in [0.2, 0.25) is 5.91 Å². The monoisotopic (exact) mass is 994 g/mol. The molecule has 69 heavy (non-hydrogen) atoms. The van der Waals surface area contributed by atoms with E-state index in [2.05, 4.69) is 50.4 Å². The first-order valence-electron chi connectivity index (χ1n) is 29.3. The molecule has 406 valence electrons. The van der Waals surface area contributed by atoms with Crippen LogP contribution in [0.4, 0.5) is 0 Å². The summed E-state index contributed by atoms with van der Waals surface area (Å²) in [5.74, 6) is -0.511. The molecule has 0 aliphatic carbocycles. The topological polar surface area (TPSA) is 111 Å². The number of likely N-dealkylation sites (N-methyl/N-ethyl adjacent to an activating group) is 1. The summed E-state index contributed by atoms with van der Waals surface area (Å²) in [6.45, 7) is 6.97. The summed E-state index contributed by atoms with van der Waals surface area (Å²) in [5.41, 5.74) is 0. The molecule has 3 unspecified atom stereocenters. The van der Waals surface area contributed by atoms with E-state index >= 15 is 0 Å². The van der Waals surface area contributed by atoms with Gasteiger partial charge in [-0.3, -0.25) is 18.6 Å². The molecule has 0 radical (unpaired) electrons. The van der Waals surface area contributed by atoms with Crippen LogP contribution in [0.1, 0.15) is 278 Å². The van der Waals surface area contributed by atoms with Gasteiger partial charge < -0.3 is 19.4 Å². The number of phosphoric ester groups is 1. The molecule has 0 fully saturated rings. The van der Waals surface area contributed by atoms with E-state index in [0.717, 1.165) is 83.5 Å². The van der Waals surface area contributed by atoms with E-state index in [-0.39, 0.29) is 25.1 Å². The lowest BCUT2D eigenvalue weighted by atomic mass is 10.0. The Kier molecular flexibility index (Phi) is 48.5. The van der Waals surface area contributed by atoms with Crippen molar-refractivity contribution >= 4 is 19.7 Å². The minimum absolute atomic E-state index is 0.0399. The van der Waals surface area contributed by atoms with Gasteiger partial charge in [0.05, 0.1) is 33.8 Å². The van der Waals surface area contributed by atoms with Gasteiger partial charge in [0, 0.05) is 12.8 Å². The molecule has 10 heteroatoms. The number of nitrogens with one attached hydrogen (secondary N) is 1. The number of phosphoric acid groups is 1. The molecule has 0 aromatic heterocycles. The van der Waals surface area contributed by atoms with E-state index in [0.29, 0.717) is 23.9 Å². The lowest BCUT2D eigenvalue weighted by Crippen LogP contribution is -2.47. The third-order valence-electron chi connectivity index (χ3n) is 13.1. The van der Waals surface area contributed by atoms with Gasteiger partial charge in [-0.2, -0.15) is 0 Å². The fourth-order valence-electron chi connectivity index (χ4n) is 8.45. The number of carbonyl (C=O) groups is 2. The van der Waals surface area contributed by atoms with Gasteiger partial charge in [0.1, 0.15) is 19.3 Å². The smallest absolute Gasteiger partial charge is 0.456 e. The Hall–Kier alpha value is -1.77. The first-order chi connectivity index (χ1) is 33.4. The van der Waals surface area contributed by atoms with Crippen LogP contribution in [0, 0.1) is 0 Å². The lowest BCUT2D eigenvalue weighted by Gasteiger charge is -2.27. The Bertz CT molecular complexity index is 1280. The number of rotatable bonds is 53. The number of ether oxygens (including phenoxy) is 1. The van der Waals surface area contributed by atoms with Crippen molar-refractivity contribution in [3.63, 3.8) is 0 Å². The second-order valence-electron chi connectivity index (χ2n) is 21.2. The minimum Gasteiger partial charge on any atom is -0.456 e. The summed E-state index contributed by atoms with van der Waals surface area (Å²) < 4.78 is 30.6. The van der Waals surface area contributed by atoms with Crippen LogP contribution < -0.4 is 5.32 Å². The third kappa shape index (κ3) is 51.0. The zero-order valence-electron chi connectivity index (χ0n) is 46.3.